The fraction of sp³-hybridized carbons (Fsp3) is 0.500. The van der Waals surface area contributed by atoms with E-state index in [1.807, 2.05) is 26.0 Å². The Hall–Kier alpha value is -2.11. The minimum Gasteiger partial charge on any atom is -0.481 e. The molecule has 0 aliphatic heterocycles. The smallest absolute Gasteiger partial charge is 0.315 e. The molecule has 20 heavy (non-hydrogen) atoms. The summed E-state index contributed by atoms with van der Waals surface area (Å²) >= 11 is 0. The number of carbonyl (C=O) groups excluding carboxylic acids is 1. The number of nitrogens with one attached hydrogen (secondary N) is 2. The quantitative estimate of drug-likeness (QED) is 0.708. The Bertz CT molecular complexity index is 463. The Labute approximate surface area is 118 Å². The first-order chi connectivity index (χ1) is 9.56. The van der Waals surface area contributed by atoms with Gasteiger partial charge in [-0.05, 0) is 24.5 Å². The number of rotatable bonds is 7. The van der Waals surface area contributed by atoms with Crippen molar-refractivity contribution in [2.45, 2.75) is 45.7 Å². The summed E-state index contributed by atoms with van der Waals surface area (Å²) in [5.74, 6) is -0.921. The van der Waals surface area contributed by atoms with E-state index < -0.39 is 5.97 Å². The van der Waals surface area contributed by atoms with Crippen LogP contribution in [0.2, 0.25) is 0 Å². The van der Waals surface area contributed by atoms with Crippen LogP contribution in [-0.4, -0.2) is 28.1 Å². The molecule has 0 saturated carbocycles. The average Bonchev–Trinajstić information content (AvgIpc) is 2.44. The van der Waals surface area contributed by atoms with Gasteiger partial charge in [0.05, 0.1) is 18.7 Å². The van der Waals surface area contributed by atoms with Gasteiger partial charge in [-0.15, -0.1) is 0 Å². The van der Waals surface area contributed by atoms with E-state index >= 15 is 0 Å². The van der Waals surface area contributed by atoms with Crippen LogP contribution >= 0.6 is 0 Å². The van der Waals surface area contributed by atoms with E-state index in [4.69, 9.17) is 5.11 Å². The molecule has 0 saturated heterocycles. The van der Waals surface area contributed by atoms with E-state index in [1.165, 1.54) is 0 Å². The number of carbonyl (C=O) groups is 2. The lowest BCUT2D eigenvalue weighted by Crippen LogP contribution is -2.42. The lowest BCUT2D eigenvalue weighted by atomic mass is 10.1. The molecule has 2 amide bonds. The molecule has 1 aromatic rings. The summed E-state index contributed by atoms with van der Waals surface area (Å²) in [5.41, 5.74) is 1.92. The summed E-state index contributed by atoms with van der Waals surface area (Å²) in [6, 6.07) is 3.11. The molecular weight excluding hydrogens is 258 g/mol. The third kappa shape index (κ3) is 5.26. The van der Waals surface area contributed by atoms with Gasteiger partial charge in [0.15, 0.2) is 0 Å². The number of hydrogen-bond acceptors (Lipinski definition) is 3. The molecule has 0 bridgehead atoms. The molecule has 1 aromatic heterocycles. The molecule has 3 N–H and O–H groups in total. The first kappa shape index (κ1) is 15.9. The maximum Gasteiger partial charge on any atom is 0.315 e. The third-order valence-electron chi connectivity index (χ3n) is 3.03. The molecule has 0 spiro atoms. The second kappa shape index (κ2) is 8.14. The number of amides is 2. The van der Waals surface area contributed by atoms with Crippen molar-refractivity contribution in [1.29, 1.82) is 0 Å². The van der Waals surface area contributed by atoms with Gasteiger partial charge in [-0.25, -0.2) is 4.79 Å². The minimum atomic E-state index is -0.921. The van der Waals surface area contributed by atoms with Gasteiger partial charge in [0.2, 0.25) is 0 Å². The van der Waals surface area contributed by atoms with Gasteiger partial charge in [-0.1, -0.05) is 19.9 Å². The summed E-state index contributed by atoms with van der Waals surface area (Å²) < 4.78 is 0. The van der Waals surface area contributed by atoms with Crippen LogP contribution in [0, 0.1) is 0 Å². The zero-order valence-electron chi connectivity index (χ0n) is 11.8. The Morgan fingerprint density at radius 2 is 2.15 bits per heavy atom. The van der Waals surface area contributed by atoms with E-state index in [0.29, 0.717) is 13.0 Å². The molecule has 0 aliphatic rings. The molecule has 0 radical (unpaired) electrons. The van der Waals surface area contributed by atoms with Crippen LogP contribution in [0.4, 0.5) is 4.79 Å². The van der Waals surface area contributed by atoms with Crippen molar-refractivity contribution in [3.05, 3.63) is 29.6 Å². The van der Waals surface area contributed by atoms with E-state index in [0.717, 1.165) is 17.7 Å². The number of nitrogens with zero attached hydrogens (tertiary/aromatic N) is 1. The number of aliphatic carboxylic acids is 1. The maximum absolute atomic E-state index is 11.7. The Morgan fingerprint density at radius 3 is 2.75 bits per heavy atom. The molecule has 0 aliphatic carbocycles. The van der Waals surface area contributed by atoms with Crippen LogP contribution in [0.1, 0.15) is 37.9 Å². The highest BCUT2D eigenvalue weighted by Crippen LogP contribution is 2.05. The number of pyridine rings is 1. The Kier molecular flexibility index (Phi) is 6.49. The van der Waals surface area contributed by atoms with Crippen molar-refractivity contribution in [2.75, 3.05) is 0 Å². The van der Waals surface area contributed by atoms with E-state index in [9.17, 15) is 9.59 Å². The lowest BCUT2D eigenvalue weighted by molar-refractivity contribution is -0.137. The summed E-state index contributed by atoms with van der Waals surface area (Å²) in [6.45, 7) is 4.20. The Morgan fingerprint density at radius 1 is 1.40 bits per heavy atom. The van der Waals surface area contributed by atoms with Crippen LogP contribution in [0.25, 0.3) is 0 Å². The predicted molar refractivity (Wildman–Crippen MR) is 75.3 cm³/mol. The van der Waals surface area contributed by atoms with Gasteiger partial charge in [-0.2, -0.15) is 0 Å². The molecule has 6 heteroatoms. The van der Waals surface area contributed by atoms with E-state index in [2.05, 4.69) is 15.6 Å². The zero-order chi connectivity index (χ0) is 15.0. The van der Waals surface area contributed by atoms with Crippen molar-refractivity contribution in [3.8, 4) is 0 Å². The second-order valence-electron chi connectivity index (χ2n) is 4.49. The van der Waals surface area contributed by atoms with Crippen molar-refractivity contribution in [1.82, 2.24) is 15.6 Å². The Balaban J connectivity index is 2.48. The molecule has 6 nitrogen and oxygen atoms in total. The highest BCUT2D eigenvalue weighted by atomic mass is 16.4. The summed E-state index contributed by atoms with van der Waals surface area (Å²) in [5, 5.41) is 14.1. The number of aromatic nitrogens is 1. The molecule has 1 heterocycles. The van der Waals surface area contributed by atoms with Gasteiger partial charge in [-0.3, -0.25) is 9.78 Å². The highest BCUT2D eigenvalue weighted by molar-refractivity contribution is 5.75. The van der Waals surface area contributed by atoms with Crippen molar-refractivity contribution in [2.24, 2.45) is 0 Å². The van der Waals surface area contributed by atoms with Crippen LogP contribution in [-0.2, 0) is 17.8 Å². The van der Waals surface area contributed by atoms with Gasteiger partial charge in [0.1, 0.15) is 0 Å². The van der Waals surface area contributed by atoms with Crippen molar-refractivity contribution < 1.29 is 14.7 Å². The van der Waals surface area contributed by atoms with Crippen molar-refractivity contribution in [3.63, 3.8) is 0 Å². The molecule has 1 rings (SSSR count). The first-order valence-corrected chi connectivity index (χ1v) is 6.75. The summed E-state index contributed by atoms with van der Waals surface area (Å²) in [7, 11) is 0. The largest absolute Gasteiger partial charge is 0.481 e. The fourth-order valence-electron chi connectivity index (χ4n) is 1.86. The van der Waals surface area contributed by atoms with Gasteiger partial charge < -0.3 is 15.7 Å². The minimum absolute atomic E-state index is 0.0757. The van der Waals surface area contributed by atoms with Gasteiger partial charge >= 0.3 is 12.0 Å². The molecular formula is C14H21N3O3. The fourth-order valence-corrected chi connectivity index (χ4v) is 1.86. The van der Waals surface area contributed by atoms with Gasteiger partial charge in [0.25, 0.3) is 0 Å². The third-order valence-corrected chi connectivity index (χ3v) is 3.03. The summed E-state index contributed by atoms with van der Waals surface area (Å²) in [4.78, 5) is 26.6. The van der Waals surface area contributed by atoms with E-state index in [-0.39, 0.29) is 18.5 Å². The predicted octanol–water partition coefficient (Wildman–Crippen LogP) is 1.70. The molecule has 0 aromatic carbocycles. The van der Waals surface area contributed by atoms with E-state index in [1.54, 1.807) is 6.20 Å². The molecule has 1 atom stereocenters. The molecule has 0 fully saturated rings. The van der Waals surface area contributed by atoms with Crippen molar-refractivity contribution >= 4 is 12.0 Å². The van der Waals surface area contributed by atoms with Crippen LogP contribution in [0.15, 0.2) is 18.3 Å². The standard InChI is InChI=1S/C14H21N3O3/c1-3-10-6-5-7-15-12(10)9-16-14(20)17-11(4-2)8-13(18)19/h5-7,11H,3-4,8-9H2,1-2H3,(H,18,19)(H2,16,17,20). The lowest BCUT2D eigenvalue weighted by Gasteiger charge is -2.15. The molecule has 110 valence electrons. The topological polar surface area (TPSA) is 91.3 Å². The number of aryl methyl sites for hydroxylation is 1. The van der Waals surface area contributed by atoms with Gasteiger partial charge in [0, 0.05) is 12.2 Å². The zero-order valence-corrected chi connectivity index (χ0v) is 11.8. The van der Waals surface area contributed by atoms with Crippen LogP contribution in [0.3, 0.4) is 0 Å². The SMILES string of the molecule is CCc1cccnc1CNC(=O)NC(CC)CC(=O)O. The average molecular weight is 279 g/mol. The summed E-state index contributed by atoms with van der Waals surface area (Å²) in [6.07, 6.45) is 3.04. The second-order valence-corrected chi connectivity index (χ2v) is 4.49. The van der Waals surface area contributed by atoms with Crippen LogP contribution < -0.4 is 10.6 Å². The number of carboxylic acids is 1. The highest BCUT2D eigenvalue weighted by Gasteiger charge is 2.14. The molecule has 1 unspecified atom stereocenters. The maximum atomic E-state index is 11.7. The first-order valence-electron chi connectivity index (χ1n) is 6.75. The number of urea groups is 1. The monoisotopic (exact) mass is 279 g/mol. The number of hydrogen-bond donors (Lipinski definition) is 3. The normalized spacial score (nSPS) is 11.7. The van der Waals surface area contributed by atoms with Crippen LogP contribution in [0.5, 0.6) is 0 Å². The number of carboxylic acid groups (broad SMARTS) is 1.